The van der Waals surface area contributed by atoms with E-state index in [0.29, 0.717) is 11.3 Å². The number of hydrogen-bond donors (Lipinski definition) is 1. The minimum absolute atomic E-state index is 0. The normalized spacial score (nSPS) is 9.19. The number of nitrogens with zero attached hydrogens (tertiary/aromatic N) is 2. The van der Waals surface area contributed by atoms with Crippen LogP contribution in [0.1, 0.15) is 26.7 Å². The Morgan fingerprint density at radius 3 is 2.69 bits per heavy atom. The van der Waals surface area contributed by atoms with Gasteiger partial charge in [0.2, 0.25) is 0 Å². The molecule has 0 amide bonds. The monoisotopic (exact) mass is 219 g/mol. The van der Waals surface area contributed by atoms with Crippen molar-refractivity contribution < 1.29 is 6.16 Å². The van der Waals surface area contributed by atoms with Gasteiger partial charge in [-0.1, -0.05) is 13.8 Å². The second kappa shape index (κ2) is 5.17. The number of benzene rings is 1. The van der Waals surface area contributed by atoms with Crippen LogP contribution in [0.4, 0.5) is 0 Å². The number of aryl methyl sites for hydroxylation is 1. The van der Waals surface area contributed by atoms with Gasteiger partial charge in [0.25, 0.3) is 0 Å². The van der Waals surface area contributed by atoms with E-state index in [2.05, 4.69) is 16.0 Å². The van der Waals surface area contributed by atoms with E-state index in [-0.39, 0.29) is 1.43 Å². The van der Waals surface area contributed by atoms with Crippen molar-refractivity contribution in [1.82, 2.24) is 9.97 Å². The number of aromatic nitrogens is 2. The molecule has 0 aliphatic rings. The van der Waals surface area contributed by atoms with E-state index in [9.17, 15) is 0 Å². The summed E-state index contributed by atoms with van der Waals surface area (Å²) < 4.78 is 5.15. The molecule has 4 nitrogen and oxygen atoms in total. The van der Waals surface area contributed by atoms with Crippen molar-refractivity contribution in [3.63, 3.8) is 0 Å². The van der Waals surface area contributed by atoms with Gasteiger partial charge in [-0.15, -0.1) is 0 Å². The third-order valence-corrected chi connectivity index (χ3v) is 2.02. The molecule has 0 atom stereocenters. The molecule has 0 bridgehead atoms. The molecule has 0 aliphatic heterocycles. The van der Waals surface area contributed by atoms with Crippen LogP contribution in [0.2, 0.25) is 0 Å². The third kappa shape index (κ3) is 2.14. The lowest BCUT2D eigenvalue weighted by Gasteiger charge is -2.00. The van der Waals surface area contributed by atoms with Gasteiger partial charge in [-0.05, 0) is 13.0 Å². The molecule has 0 aliphatic carbocycles. The summed E-state index contributed by atoms with van der Waals surface area (Å²) in [7, 11) is 1.57. The molecule has 0 fully saturated rings. The lowest BCUT2D eigenvalue weighted by molar-refractivity contribution is 0.419. The lowest BCUT2D eigenvalue weighted by Crippen LogP contribution is -1.86. The number of rotatable bonds is 1. The maximum atomic E-state index is 8.78. The van der Waals surface area contributed by atoms with Gasteiger partial charge >= 0.3 is 0 Å². The van der Waals surface area contributed by atoms with E-state index in [0.717, 1.165) is 16.9 Å². The Morgan fingerprint density at radius 1 is 1.44 bits per heavy atom. The van der Waals surface area contributed by atoms with Gasteiger partial charge in [-0.2, -0.15) is 5.26 Å². The van der Waals surface area contributed by atoms with E-state index in [4.69, 9.17) is 10.00 Å². The molecule has 1 heterocycles. The van der Waals surface area contributed by atoms with E-state index in [1.165, 1.54) is 0 Å². The molecular formula is C12H17N3O. The molecule has 4 heteroatoms. The highest BCUT2D eigenvalue weighted by Crippen LogP contribution is 2.25. The molecule has 0 spiro atoms. The number of methoxy groups -OCH3 is 1. The Balaban J connectivity index is 0.000000811. The Morgan fingerprint density at radius 2 is 2.12 bits per heavy atom. The zero-order chi connectivity index (χ0) is 12.1. The van der Waals surface area contributed by atoms with Gasteiger partial charge < -0.3 is 9.72 Å². The molecule has 86 valence electrons. The lowest BCUT2D eigenvalue weighted by atomic mass is 10.2. The minimum Gasteiger partial charge on any atom is -0.494 e. The first-order chi connectivity index (χ1) is 7.74. The van der Waals surface area contributed by atoms with Crippen LogP contribution in [-0.2, 0) is 0 Å². The molecule has 0 unspecified atom stereocenters. The van der Waals surface area contributed by atoms with Crippen LogP contribution in [-0.4, -0.2) is 17.1 Å². The SMILES string of the molecule is CC.COc1cc(C#N)cc2[nH]c(C)nc12.[HH]. The fourth-order valence-electron chi connectivity index (χ4n) is 1.43. The molecule has 2 aromatic rings. The van der Waals surface area contributed by atoms with Crippen molar-refractivity contribution in [2.75, 3.05) is 7.11 Å². The van der Waals surface area contributed by atoms with E-state index in [1.54, 1.807) is 19.2 Å². The average molecular weight is 219 g/mol. The highest BCUT2D eigenvalue weighted by Gasteiger charge is 2.07. The molecule has 1 N–H and O–H groups in total. The molecule has 0 saturated carbocycles. The van der Waals surface area contributed by atoms with E-state index < -0.39 is 0 Å². The number of H-pyrrole nitrogens is 1. The fraction of sp³-hybridized carbons (Fsp3) is 0.333. The average Bonchev–Trinajstić information content (AvgIpc) is 2.70. The Kier molecular flexibility index (Phi) is 3.90. The van der Waals surface area contributed by atoms with Crippen LogP contribution in [0.5, 0.6) is 5.75 Å². The van der Waals surface area contributed by atoms with Crippen molar-refractivity contribution in [2.24, 2.45) is 0 Å². The van der Waals surface area contributed by atoms with Crippen LogP contribution in [0.25, 0.3) is 11.0 Å². The van der Waals surface area contributed by atoms with E-state index in [1.807, 2.05) is 20.8 Å². The van der Waals surface area contributed by atoms with Crippen LogP contribution in [0, 0.1) is 18.3 Å². The van der Waals surface area contributed by atoms with Crippen molar-refractivity contribution in [1.29, 1.82) is 5.26 Å². The third-order valence-electron chi connectivity index (χ3n) is 2.02. The second-order valence-corrected chi connectivity index (χ2v) is 3.01. The summed E-state index contributed by atoms with van der Waals surface area (Å²) in [5, 5.41) is 8.78. The molecule has 0 radical (unpaired) electrons. The van der Waals surface area contributed by atoms with Crippen LogP contribution in [0.3, 0.4) is 0 Å². The molecule has 2 rings (SSSR count). The quantitative estimate of drug-likeness (QED) is 0.801. The van der Waals surface area contributed by atoms with Crippen molar-refractivity contribution in [3.8, 4) is 11.8 Å². The van der Waals surface area contributed by atoms with Gasteiger partial charge in [0.1, 0.15) is 17.1 Å². The van der Waals surface area contributed by atoms with Gasteiger partial charge in [0.05, 0.1) is 24.3 Å². The van der Waals surface area contributed by atoms with Gasteiger partial charge in [0, 0.05) is 7.49 Å². The maximum absolute atomic E-state index is 8.78. The van der Waals surface area contributed by atoms with Crippen molar-refractivity contribution >= 4 is 11.0 Å². The second-order valence-electron chi connectivity index (χ2n) is 3.01. The summed E-state index contributed by atoms with van der Waals surface area (Å²) in [6, 6.07) is 5.52. The maximum Gasteiger partial charge on any atom is 0.148 e. The standard InChI is InChI=1S/C10H9N3O.C2H6.H2/c1-6-12-8-3-7(5-11)4-9(14-2)10(8)13-6;1-2;/h3-4H,1-2H3,(H,12,13);1-2H3;1H. The highest BCUT2D eigenvalue weighted by atomic mass is 16.5. The Bertz CT molecular complexity index is 528. The highest BCUT2D eigenvalue weighted by molar-refractivity contribution is 5.83. The Hall–Kier alpha value is -2.02. The number of imidazole rings is 1. The molecule has 0 saturated heterocycles. The van der Waals surface area contributed by atoms with Crippen LogP contribution < -0.4 is 4.74 Å². The summed E-state index contributed by atoms with van der Waals surface area (Å²) >= 11 is 0. The molecule has 16 heavy (non-hydrogen) atoms. The number of nitriles is 1. The number of aromatic amines is 1. The number of ether oxygens (including phenoxy) is 1. The summed E-state index contributed by atoms with van der Waals surface area (Å²) in [4.78, 5) is 7.34. The first-order valence-electron chi connectivity index (χ1n) is 5.19. The summed E-state index contributed by atoms with van der Waals surface area (Å²) in [6.45, 7) is 5.87. The first kappa shape index (κ1) is 12.1. The number of hydrogen-bond acceptors (Lipinski definition) is 3. The summed E-state index contributed by atoms with van der Waals surface area (Å²) in [5.74, 6) is 1.44. The van der Waals surface area contributed by atoms with Crippen molar-refractivity contribution in [3.05, 3.63) is 23.5 Å². The predicted octanol–water partition coefficient (Wildman–Crippen LogP) is 3.02. The zero-order valence-corrected chi connectivity index (χ0v) is 9.96. The van der Waals surface area contributed by atoms with E-state index >= 15 is 0 Å². The number of nitrogens with one attached hydrogen (secondary N) is 1. The first-order valence-corrected chi connectivity index (χ1v) is 5.19. The van der Waals surface area contributed by atoms with Crippen molar-refractivity contribution in [2.45, 2.75) is 20.8 Å². The van der Waals surface area contributed by atoms with Gasteiger partial charge in [-0.3, -0.25) is 0 Å². The van der Waals surface area contributed by atoms with Crippen LogP contribution in [0.15, 0.2) is 12.1 Å². The Labute approximate surface area is 96.4 Å². The largest absolute Gasteiger partial charge is 0.494 e. The molecule has 1 aromatic heterocycles. The zero-order valence-electron chi connectivity index (χ0n) is 9.96. The van der Waals surface area contributed by atoms with Crippen LogP contribution >= 0.6 is 0 Å². The minimum atomic E-state index is 0. The number of fused-ring (bicyclic) bond motifs is 1. The predicted molar refractivity (Wildman–Crippen MR) is 65.6 cm³/mol. The fourth-order valence-corrected chi connectivity index (χ4v) is 1.43. The molecule has 1 aromatic carbocycles. The van der Waals surface area contributed by atoms with Gasteiger partial charge in [-0.25, -0.2) is 4.98 Å². The topological polar surface area (TPSA) is 61.7 Å². The molecular weight excluding hydrogens is 202 g/mol. The smallest absolute Gasteiger partial charge is 0.148 e. The summed E-state index contributed by atoms with van der Waals surface area (Å²) in [6.07, 6.45) is 0. The van der Waals surface area contributed by atoms with Gasteiger partial charge in [0.15, 0.2) is 0 Å². The summed E-state index contributed by atoms with van der Waals surface area (Å²) in [5.41, 5.74) is 2.17.